The number of aldehydes is 1. The number of aromatic nitrogens is 2. The van der Waals surface area contributed by atoms with Gasteiger partial charge in [0.25, 0.3) is 0 Å². The number of benzene rings is 1. The summed E-state index contributed by atoms with van der Waals surface area (Å²) in [5.41, 5.74) is 0.634. The molecule has 1 aromatic heterocycles. The Morgan fingerprint density at radius 1 is 1.30 bits per heavy atom. The Bertz CT molecular complexity index is 672. The van der Waals surface area contributed by atoms with Gasteiger partial charge < -0.3 is 9.64 Å². The predicted octanol–water partition coefficient (Wildman–Crippen LogP) is 3.24. The average Bonchev–Trinajstić information content (AvgIpc) is 2.61. The Morgan fingerprint density at radius 2 is 2.13 bits per heavy atom. The van der Waals surface area contributed by atoms with Crippen molar-refractivity contribution in [1.29, 1.82) is 0 Å². The minimum atomic E-state index is 0.488. The van der Waals surface area contributed by atoms with E-state index in [-0.39, 0.29) is 0 Å². The third-order valence-corrected chi connectivity index (χ3v) is 4.34. The van der Waals surface area contributed by atoms with Crippen LogP contribution in [0, 0.1) is 5.92 Å². The van der Waals surface area contributed by atoms with Gasteiger partial charge in [0.1, 0.15) is 12.0 Å². The highest BCUT2D eigenvalue weighted by Gasteiger charge is 2.22. The van der Waals surface area contributed by atoms with E-state index in [1.165, 1.54) is 0 Å². The Hall–Kier alpha value is -2.14. The molecule has 1 aromatic carbocycles. The number of hydrogen-bond donors (Lipinski definition) is 0. The maximum Gasteiger partial charge on any atom is 0.170 e. The first-order valence-electron chi connectivity index (χ1n) is 7.66. The minimum Gasteiger partial charge on any atom is -0.493 e. The Kier molecular flexibility index (Phi) is 5.08. The fourth-order valence-corrected chi connectivity index (χ4v) is 2.94. The molecule has 0 spiro atoms. The number of halogens is 1. The molecule has 3 rings (SSSR count). The third-order valence-electron chi connectivity index (χ3n) is 4.05. The van der Waals surface area contributed by atoms with Crippen LogP contribution in [0.1, 0.15) is 23.2 Å². The first kappa shape index (κ1) is 15.7. The van der Waals surface area contributed by atoms with E-state index in [4.69, 9.17) is 16.3 Å². The van der Waals surface area contributed by atoms with E-state index in [0.29, 0.717) is 23.1 Å². The lowest BCUT2D eigenvalue weighted by Gasteiger charge is -2.32. The highest BCUT2D eigenvalue weighted by atomic mass is 35.5. The van der Waals surface area contributed by atoms with Gasteiger partial charge in [0.2, 0.25) is 0 Å². The molecule has 6 heteroatoms. The second-order valence-electron chi connectivity index (χ2n) is 5.63. The lowest BCUT2D eigenvalue weighted by atomic mass is 9.98. The Balaban J connectivity index is 1.51. The van der Waals surface area contributed by atoms with Gasteiger partial charge in [0, 0.05) is 18.7 Å². The summed E-state index contributed by atoms with van der Waals surface area (Å²) in [5, 5.41) is 8.66. The molecule has 0 radical (unpaired) electrons. The number of nitrogens with zero attached hydrogens (tertiary/aromatic N) is 3. The zero-order valence-corrected chi connectivity index (χ0v) is 13.4. The van der Waals surface area contributed by atoms with E-state index in [1.807, 2.05) is 12.1 Å². The van der Waals surface area contributed by atoms with Crippen molar-refractivity contribution < 1.29 is 9.53 Å². The zero-order chi connectivity index (χ0) is 16.1. The van der Waals surface area contributed by atoms with E-state index in [1.54, 1.807) is 24.4 Å². The van der Waals surface area contributed by atoms with Crippen LogP contribution < -0.4 is 9.64 Å². The first-order valence-corrected chi connectivity index (χ1v) is 8.04. The van der Waals surface area contributed by atoms with Crippen molar-refractivity contribution in [2.75, 3.05) is 24.6 Å². The maximum absolute atomic E-state index is 10.8. The maximum atomic E-state index is 10.8. The van der Waals surface area contributed by atoms with Gasteiger partial charge in [-0.15, -0.1) is 5.10 Å². The molecule has 23 heavy (non-hydrogen) atoms. The van der Waals surface area contributed by atoms with Crippen molar-refractivity contribution in [3.8, 4) is 5.75 Å². The summed E-state index contributed by atoms with van der Waals surface area (Å²) in [6.45, 7) is 2.44. The Morgan fingerprint density at radius 3 is 2.87 bits per heavy atom. The molecule has 0 aliphatic carbocycles. The van der Waals surface area contributed by atoms with Crippen LogP contribution in [-0.2, 0) is 0 Å². The second-order valence-corrected chi connectivity index (χ2v) is 6.04. The van der Waals surface area contributed by atoms with E-state index in [9.17, 15) is 4.79 Å². The predicted molar refractivity (Wildman–Crippen MR) is 89.3 cm³/mol. The van der Waals surface area contributed by atoms with Gasteiger partial charge in [-0.1, -0.05) is 23.7 Å². The van der Waals surface area contributed by atoms with Crippen molar-refractivity contribution >= 4 is 23.7 Å². The summed E-state index contributed by atoms with van der Waals surface area (Å²) in [7, 11) is 0. The van der Waals surface area contributed by atoms with Crippen LogP contribution in [0.15, 0.2) is 36.5 Å². The van der Waals surface area contributed by atoms with Gasteiger partial charge >= 0.3 is 0 Å². The molecule has 2 heterocycles. The largest absolute Gasteiger partial charge is 0.493 e. The second kappa shape index (κ2) is 7.42. The van der Waals surface area contributed by atoms with E-state index in [2.05, 4.69) is 15.1 Å². The van der Waals surface area contributed by atoms with E-state index >= 15 is 0 Å². The number of ether oxygens (including phenoxy) is 1. The van der Waals surface area contributed by atoms with Crippen molar-refractivity contribution in [2.45, 2.75) is 12.8 Å². The number of hydrogen-bond acceptors (Lipinski definition) is 5. The van der Waals surface area contributed by atoms with Crippen molar-refractivity contribution in [2.24, 2.45) is 5.92 Å². The molecule has 0 N–H and O–H groups in total. The van der Waals surface area contributed by atoms with Crippen LogP contribution in [-0.4, -0.2) is 36.2 Å². The van der Waals surface area contributed by atoms with Crippen LogP contribution in [0.5, 0.6) is 5.75 Å². The van der Waals surface area contributed by atoms with Crippen LogP contribution >= 0.6 is 11.6 Å². The summed E-state index contributed by atoms with van der Waals surface area (Å²) in [6, 6.07) is 9.00. The quantitative estimate of drug-likeness (QED) is 0.787. The molecular weight excluding hydrogens is 314 g/mol. The Labute approximate surface area is 140 Å². The van der Waals surface area contributed by atoms with Crippen LogP contribution in [0.25, 0.3) is 0 Å². The molecule has 1 fully saturated rings. The van der Waals surface area contributed by atoms with Gasteiger partial charge in [-0.25, -0.2) is 0 Å². The van der Waals surface area contributed by atoms with Crippen molar-refractivity contribution in [3.63, 3.8) is 0 Å². The topological polar surface area (TPSA) is 55.3 Å². The van der Waals surface area contributed by atoms with Gasteiger partial charge in [-0.05, 0) is 37.0 Å². The summed E-state index contributed by atoms with van der Waals surface area (Å²) in [6.07, 6.45) is 4.45. The first-order chi connectivity index (χ1) is 11.3. The standard InChI is InChI=1S/C17H18ClN3O2/c18-16-4-7-19-20-17(16)21-8-5-13(6-9-21)12-23-15-3-1-2-14(10-15)11-22/h1-4,7,10-11,13H,5-6,8-9,12H2. The SMILES string of the molecule is O=Cc1cccc(OCC2CCN(c3nnccc3Cl)CC2)c1. The molecule has 0 bridgehead atoms. The third kappa shape index (κ3) is 3.99. The summed E-state index contributed by atoms with van der Waals surface area (Å²) < 4.78 is 5.82. The van der Waals surface area contributed by atoms with Crippen LogP contribution in [0.4, 0.5) is 5.82 Å². The van der Waals surface area contributed by atoms with Crippen LogP contribution in [0.3, 0.4) is 0 Å². The molecule has 1 aliphatic rings. The van der Waals surface area contributed by atoms with Crippen molar-refractivity contribution in [1.82, 2.24) is 10.2 Å². The number of carbonyl (C=O) groups is 1. The molecule has 1 aliphatic heterocycles. The van der Waals surface area contributed by atoms with E-state index in [0.717, 1.165) is 43.8 Å². The summed E-state index contributed by atoms with van der Waals surface area (Å²) in [5.74, 6) is 1.99. The molecule has 0 atom stereocenters. The number of piperidine rings is 1. The average molecular weight is 332 g/mol. The molecule has 2 aromatic rings. The molecule has 0 amide bonds. The molecule has 0 unspecified atom stereocenters. The van der Waals surface area contributed by atoms with Crippen LogP contribution in [0.2, 0.25) is 5.02 Å². The fraction of sp³-hybridized carbons (Fsp3) is 0.353. The van der Waals surface area contributed by atoms with Gasteiger partial charge in [-0.3, -0.25) is 4.79 Å². The smallest absolute Gasteiger partial charge is 0.170 e. The van der Waals surface area contributed by atoms with Gasteiger partial charge in [0.15, 0.2) is 5.82 Å². The number of carbonyl (C=O) groups excluding carboxylic acids is 1. The summed E-state index contributed by atoms with van der Waals surface area (Å²) in [4.78, 5) is 12.9. The normalized spacial score (nSPS) is 15.4. The monoisotopic (exact) mass is 331 g/mol. The highest BCUT2D eigenvalue weighted by Crippen LogP contribution is 2.27. The van der Waals surface area contributed by atoms with Gasteiger partial charge in [-0.2, -0.15) is 5.10 Å². The van der Waals surface area contributed by atoms with Gasteiger partial charge in [0.05, 0.1) is 17.8 Å². The zero-order valence-electron chi connectivity index (χ0n) is 12.7. The lowest BCUT2D eigenvalue weighted by molar-refractivity contribution is 0.112. The summed E-state index contributed by atoms with van der Waals surface area (Å²) >= 11 is 6.17. The highest BCUT2D eigenvalue weighted by molar-refractivity contribution is 6.32. The number of anilines is 1. The molecular formula is C17H18ClN3O2. The minimum absolute atomic E-state index is 0.488. The van der Waals surface area contributed by atoms with E-state index < -0.39 is 0 Å². The molecule has 120 valence electrons. The van der Waals surface area contributed by atoms with Crippen molar-refractivity contribution in [3.05, 3.63) is 47.1 Å². The number of rotatable bonds is 5. The lowest BCUT2D eigenvalue weighted by Crippen LogP contribution is -2.36. The molecule has 0 saturated carbocycles. The fourth-order valence-electron chi connectivity index (χ4n) is 2.73. The molecule has 1 saturated heterocycles. The molecule has 5 nitrogen and oxygen atoms in total.